The van der Waals surface area contributed by atoms with Crippen molar-refractivity contribution in [1.82, 2.24) is 15.5 Å². The molecule has 0 aliphatic heterocycles. The van der Waals surface area contributed by atoms with E-state index in [0.29, 0.717) is 13.2 Å². The zero-order chi connectivity index (χ0) is 17.9. The highest BCUT2D eigenvalue weighted by Gasteiger charge is 2.05. The van der Waals surface area contributed by atoms with Gasteiger partial charge in [0.15, 0.2) is 5.96 Å². The van der Waals surface area contributed by atoms with E-state index in [-0.39, 0.29) is 24.0 Å². The molecule has 0 fully saturated rings. The number of para-hydroxylation sites is 1. The number of ether oxygens (including phenoxy) is 1. The summed E-state index contributed by atoms with van der Waals surface area (Å²) in [5, 5.41) is 6.67. The number of rotatable bonds is 8. The van der Waals surface area contributed by atoms with Gasteiger partial charge >= 0.3 is 0 Å². The minimum absolute atomic E-state index is 0. The predicted octanol–water partition coefficient (Wildman–Crippen LogP) is 3.11. The van der Waals surface area contributed by atoms with E-state index in [9.17, 15) is 0 Å². The van der Waals surface area contributed by atoms with Gasteiger partial charge in [-0.2, -0.15) is 0 Å². The Morgan fingerprint density at radius 1 is 0.962 bits per heavy atom. The van der Waals surface area contributed by atoms with Gasteiger partial charge < -0.3 is 20.3 Å². The Morgan fingerprint density at radius 2 is 1.62 bits per heavy atom. The van der Waals surface area contributed by atoms with Gasteiger partial charge in [0.2, 0.25) is 0 Å². The van der Waals surface area contributed by atoms with Gasteiger partial charge in [0, 0.05) is 32.2 Å². The monoisotopic (exact) mass is 468 g/mol. The first-order valence-corrected chi connectivity index (χ1v) is 8.53. The number of nitrogens with zero attached hydrogens (tertiary/aromatic N) is 2. The molecular weight excluding hydrogens is 439 g/mol. The van der Waals surface area contributed by atoms with E-state index in [1.807, 2.05) is 50.5 Å². The second-order valence-electron chi connectivity index (χ2n) is 6.02. The molecule has 2 rings (SSSR count). The summed E-state index contributed by atoms with van der Waals surface area (Å²) >= 11 is 0. The Kier molecular flexibility index (Phi) is 10.7. The van der Waals surface area contributed by atoms with Crippen molar-refractivity contribution in [3.63, 3.8) is 0 Å². The van der Waals surface area contributed by atoms with Crippen molar-refractivity contribution in [3.05, 3.63) is 65.7 Å². The Balaban J connectivity index is 0.00000338. The van der Waals surface area contributed by atoms with E-state index in [4.69, 9.17) is 4.74 Å². The van der Waals surface area contributed by atoms with Crippen molar-refractivity contribution in [2.24, 2.45) is 4.99 Å². The lowest BCUT2D eigenvalue weighted by Crippen LogP contribution is -2.36. The molecule has 0 aromatic heterocycles. The third-order valence-electron chi connectivity index (χ3n) is 3.74. The number of guanidine groups is 1. The van der Waals surface area contributed by atoms with Gasteiger partial charge in [-0.15, -0.1) is 24.0 Å². The average molecular weight is 468 g/mol. The lowest BCUT2D eigenvalue weighted by molar-refractivity contribution is 0.259. The van der Waals surface area contributed by atoms with Crippen molar-refractivity contribution >= 4 is 29.9 Å². The molecule has 0 saturated carbocycles. The molecule has 0 saturated heterocycles. The number of benzene rings is 2. The second kappa shape index (κ2) is 12.5. The molecule has 2 N–H and O–H groups in total. The quantitative estimate of drug-likeness (QED) is 0.355. The maximum Gasteiger partial charge on any atom is 0.191 e. The van der Waals surface area contributed by atoms with E-state index in [1.165, 1.54) is 5.56 Å². The van der Waals surface area contributed by atoms with Crippen LogP contribution in [0.3, 0.4) is 0 Å². The van der Waals surface area contributed by atoms with Gasteiger partial charge in [0.25, 0.3) is 0 Å². The van der Waals surface area contributed by atoms with Gasteiger partial charge in [-0.3, -0.25) is 4.99 Å². The zero-order valence-corrected chi connectivity index (χ0v) is 18.1. The van der Waals surface area contributed by atoms with Crippen LogP contribution < -0.4 is 15.4 Å². The van der Waals surface area contributed by atoms with E-state index >= 15 is 0 Å². The first-order valence-electron chi connectivity index (χ1n) is 8.53. The van der Waals surface area contributed by atoms with Crippen molar-refractivity contribution in [3.8, 4) is 5.75 Å². The largest absolute Gasteiger partial charge is 0.492 e. The van der Waals surface area contributed by atoms with Crippen LogP contribution >= 0.6 is 24.0 Å². The molecule has 0 heterocycles. The van der Waals surface area contributed by atoms with Crippen molar-refractivity contribution in [2.45, 2.75) is 13.1 Å². The van der Waals surface area contributed by atoms with Gasteiger partial charge in [-0.1, -0.05) is 48.5 Å². The van der Waals surface area contributed by atoms with Crippen molar-refractivity contribution in [1.29, 1.82) is 0 Å². The Bertz CT molecular complexity index is 662. The summed E-state index contributed by atoms with van der Waals surface area (Å²) < 4.78 is 5.90. The summed E-state index contributed by atoms with van der Waals surface area (Å²) in [7, 11) is 5.86. The Labute approximate surface area is 173 Å². The summed E-state index contributed by atoms with van der Waals surface area (Å²) in [6.45, 7) is 2.96. The molecule has 142 valence electrons. The molecule has 0 amide bonds. The lowest BCUT2D eigenvalue weighted by Gasteiger charge is -2.16. The number of nitrogens with one attached hydrogen (secondary N) is 2. The number of aliphatic imine (C=N–C) groups is 1. The van der Waals surface area contributed by atoms with Crippen molar-refractivity contribution < 1.29 is 4.74 Å². The maximum atomic E-state index is 5.90. The molecule has 0 aliphatic carbocycles. The number of hydrogen-bond donors (Lipinski definition) is 2. The van der Waals surface area contributed by atoms with Crippen LogP contribution in [0.5, 0.6) is 5.75 Å². The molecule has 0 spiro atoms. The minimum atomic E-state index is 0. The van der Waals surface area contributed by atoms with Crippen LogP contribution in [0.15, 0.2) is 59.6 Å². The topological polar surface area (TPSA) is 48.9 Å². The van der Waals surface area contributed by atoms with Crippen LogP contribution in [0.4, 0.5) is 0 Å². The molecule has 0 atom stereocenters. The van der Waals surface area contributed by atoms with E-state index in [0.717, 1.165) is 30.4 Å². The summed E-state index contributed by atoms with van der Waals surface area (Å²) in [4.78, 5) is 6.39. The van der Waals surface area contributed by atoms with Gasteiger partial charge in [-0.25, -0.2) is 0 Å². The maximum absolute atomic E-state index is 5.90. The van der Waals surface area contributed by atoms with Gasteiger partial charge in [-0.05, 0) is 25.7 Å². The lowest BCUT2D eigenvalue weighted by atomic mass is 10.2. The fraction of sp³-hybridized carbons (Fsp3) is 0.350. The fourth-order valence-corrected chi connectivity index (χ4v) is 2.31. The smallest absolute Gasteiger partial charge is 0.191 e. The molecular formula is C20H29IN4O. The fourth-order valence-electron chi connectivity index (χ4n) is 2.31. The number of likely N-dealkylation sites (N-methyl/N-ethyl adjacent to an activating group) is 1. The highest BCUT2D eigenvalue weighted by Crippen LogP contribution is 2.17. The van der Waals surface area contributed by atoms with E-state index < -0.39 is 0 Å². The molecule has 0 radical (unpaired) electrons. The molecule has 5 nitrogen and oxygen atoms in total. The van der Waals surface area contributed by atoms with Crippen LogP contribution in [0.2, 0.25) is 0 Å². The minimum Gasteiger partial charge on any atom is -0.492 e. The summed E-state index contributed by atoms with van der Waals surface area (Å²) in [5.74, 6) is 1.68. The molecule has 26 heavy (non-hydrogen) atoms. The first kappa shape index (κ1) is 22.2. The third kappa shape index (κ3) is 8.05. The second-order valence-corrected chi connectivity index (χ2v) is 6.02. The van der Waals surface area contributed by atoms with Crippen LogP contribution in [-0.4, -0.2) is 45.2 Å². The van der Waals surface area contributed by atoms with E-state index in [1.54, 1.807) is 7.05 Å². The molecule has 6 heteroatoms. The van der Waals surface area contributed by atoms with Gasteiger partial charge in [0.1, 0.15) is 12.4 Å². The first-order chi connectivity index (χ1) is 12.2. The third-order valence-corrected chi connectivity index (χ3v) is 3.74. The highest BCUT2D eigenvalue weighted by molar-refractivity contribution is 14.0. The Hall–Kier alpha value is -1.80. The predicted molar refractivity (Wildman–Crippen MR) is 119 cm³/mol. The SMILES string of the molecule is CN=C(NCc1ccccc1)NCc1ccccc1OCCN(C)C.I. The molecule has 0 aliphatic rings. The Morgan fingerprint density at radius 3 is 2.31 bits per heavy atom. The van der Waals surface area contributed by atoms with Crippen molar-refractivity contribution in [2.75, 3.05) is 34.3 Å². The number of hydrogen-bond acceptors (Lipinski definition) is 3. The molecule has 0 bridgehead atoms. The summed E-state index contributed by atoms with van der Waals surface area (Å²) in [5.41, 5.74) is 2.33. The van der Waals surface area contributed by atoms with Gasteiger partial charge in [0.05, 0.1) is 0 Å². The molecule has 2 aromatic carbocycles. The van der Waals surface area contributed by atoms with Crippen LogP contribution in [0.1, 0.15) is 11.1 Å². The average Bonchev–Trinajstić information content (AvgIpc) is 2.63. The summed E-state index contributed by atoms with van der Waals surface area (Å²) in [6, 6.07) is 18.4. The van der Waals surface area contributed by atoms with Crippen LogP contribution in [0.25, 0.3) is 0 Å². The van der Waals surface area contributed by atoms with Crippen LogP contribution in [-0.2, 0) is 13.1 Å². The zero-order valence-electron chi connectivity index (χ0n) is 15.7. The number of halogens is 1. The molecule has 2 aromatic rings. The molecule has 0 unspecified atom stereocenters. The standard InChI is InChI=1S/C20H28N4O.HI/c1-21-20(22-15-17-9-5-4-6-10-17)23-16-18-11-7-8-12-19(18)25-14-13-24(2)3;/h4-12H,13-16H2,1-3H3,(H2,21,22,23);1H. The van der Waals surface area contributed by atoms with E-state index in [2.05, 4.69) is 38.7 Å². The normalized spacial score (nSPS) is 11.0. The summed E-state index contributed by atoms with van der Waals surface area (Å²) in [6.07, 6.45) is 0. The highest BCUT2D eigenvalue weighted by atomic mass is 127. The van der Waals surface area contributed by atoms with Crippen LogP contribution in [0, 0.1) is 0 Å².